The van der Waals surface area contributed by atoms with Crippen LogP contribution in [-0.2, 0) is 4.74 Å². The number of hydrogen-bond donors (Lipinski definition) is 0. The molecule has 4 heteroatoms. The van der Waals surface area contributed by atoms with Crippen molar-refractivity contribution in [1.82, 2.24) is 0 Å². The van der Waals surface area contributed by atoms with E-state index in [4.69, 9.17) is 4.74 Å². The first-order valence-electron chi connectivity index (χ1n) is 7.39. The summed E-state index contributed by atoms with van der Waals surface area (Å²) in [7, 11) is 1.33. The zero-order valence-electron chi connectivity index (χ0n) is 13.8. The van der Waals surface area contributed by atoms with Gasteiger partial charge in [0, 0.05) is 5.56 Å². The number of carbonyl (C=O) groups excluding carboxylic acids is 2. The van der Waals surface area contributed by atoms with E-state index in [0.29, 0.717) is 16.9 Å². The van der Waals surface area contributed by atoms with E-state index in [1.54, 1.807) is 31.2 Å². The molecule has 0 saturated heterocycles. The number of aryl methyl sites for hydroxylation is 2. The fourth-order valence-corrected chi connectivity index (χ4v) is 2.17. The maximum absolute atomic E-state index is 12.4. The monoisotopic (exact) mass is 312 g/mol. The summed E-state index contributed by atoms with van der Waals surface area (Å²) in [5.41, 5.74) is 3.29. The van der Waals surface area contributed by atoms with Gasteiger partial charge < -0.3 is 9.47 Å². The van der Waals surface area contributed by atoms with E-state index in [1.807, 2.05) is 32.0 Å². The number of methoxy groups -OCH3 is 1. The van der Waals surface area contributed by atoms with Crippen molar-refractivity contribution < 1.29 is 19.1 Å². The quantitative estimate of drug-likeness (QED) is 0.623. The van der Waals surface area contributed by atoms with Crippen molar-refractivity contribution in [3.8, 4) is 5.75 Å². The Balaban J connectivity index is 2.08. The zero-order valence-corrected chi connectivity index (χ0v) is 13.8. The van der Waals surface area contributed by atoms with Crippen LogP contribution in [0.3, 0.4) is 0 Å². The highest BCUT2D eigenvalue weighted by molar-refractivity contribution is 5.99. The van der Waals surface area contributed by atoms with Crippen molar-refractivity contribution in [2.24, 2.45) is 0 Å². The second kappa shape index (κ2) is 7.09. The Morgan fingerprint density at radius 3 is 2.09 bits per heavy atom. The fourth-order valence-electron chi connectivity index (χ4n) is 2.17. The highest BCUT2D eigenvalue weighted by Gasteiger charge is 2.17. The van der Waals surface area contributed by atoms with E-state index in [9.17, 15) is 9.59 Å². The van der Waals surface area contributed by atoms with Gasteiger partial charge in [-0.2, -0.15) is 0 Å². The molecule has 0 bridgehead atoms. The third-order valence-electron chi connectivity index (χ3n) is 3.75. The molecular formula is C19H20O4. The van der Waals surface area contributed by atoms with Crippen LogP contribution in [0.5, 0.6) is 5.75 Å². The first-order chi connectivity index (χ1) is 10.9. The first kappa shape index (κ1) is 16.7. The van der Waals surface area contributed by atoms with Crippen LogP contribution in [0.15, 0.2) is 42.5 Å². The molecule has 120 valence electrons. The molecule has 0 aromatic heterocycles. The molecule has 0 amide bonds. The minimum Gasteiger partial charge on any atom is -0.483 e. The third kappa shape index (κ3) is 3.97. The predicted molar refractivity (Wildman–Crippen MR) is 88.1 cm³/mol. The van der Waals surface area contributed by atoms with Crippen LogP contribution >= 0.6 is 0 Å². The molecule has 4 nitrogen and oxygen atoms in total. The molecule has 2 aromatic carbocycles. The lowest BCUT2D eigenvalue weighted by molar-refractivity contribution is 0.0600. The summed E-state index contributed by atoms with van der Waals surface area (Å²) >= 11 is 0. The van der Waals surface area contributed by atoms with Crippen LogP contribution in [0.25, 0.3) is 0 Å². The van der Waals surface area contributed by atoms with Gasteiger partial charge in [-0.25, -0.2) is 4.79 Å². The van der Waals surface area contributed by atoms with E-state index in [0.717, 1.165) is 11.1 Å². The number of esters is 1. The minimum atomic E-state index is -0.610. The van der Waals surface area contributed by atoms with Crippen LogP contribution in [0.4, 0.5) is 0 Å². The van der Waals surface area contributed by atoms with Crippen LogP contribution < -0.4 is 4.74 Å². The van der Waals surface area contributed by atoms with Gasteiger partial charge in [0.25, 0.3) is 0 Å². The van der Waals surface area contributed by atoms with Crippen molar-refractivity contribution in [2.75, 3.05) is 7.11 Å². The lowest BCUT2D eigenvalue weighted by Gasteiger charge is -2.14. The number of rotatable bonds is 5. The summed E-state index contributed by atoms with van der Waals surface area (Å²) in [4.78, 5) is 23.8. The van der Waals surface area contributed by atoms with Gasteiger partial charge >= 0.3 is 5.97 Å². The summed E-state index contributed by atoms with van der Waals surface area (Å²) in [5.74, 6) is 0.0447. The minimum absolute atomic E-state index is 0.0786. The normalized spacial score (nSPS) is 11.7. The van der Waals surface area contributed by atoms with Crippen LogP contribution in [0, 0.1) is 13.8 Å². The van der Waals surface area contributed by atoms with Gasteiger partial charge in [-0.3, -0.25) is 4.79 Å². The van der Waals surface area contributed by atoms with E-state index in [-0.39, 0.29) is 5.78 Å². The van der Waals surface area contributed by atoms with Gasteiger partial charge in [-0.1, -0.05) is 12.1 Å². The molecule has 2 rings (SSSR count). The zero-order chi connectivity index (χ0) is 17.0. The lowest BCUT2D eigenvalue weighted by Crippen LogP contribution is -2.24. The molecule has 0 aliphatic heterocycles. The second-order valence-corrected chi connectivity index (χ2v) is 5.44. The molecule has 0 radical (unpaired) electrons. The molecule has 0 heterocycles. The topological polar surface area (TPSA) is 52.6 Å². The number of carbonyl (C=O) groups is 2. The molecule has 0 saturated carbocycles. The highest BCUT2D eigenvalue weighted by atomic mass is 16.5. The molecule has 0 aliphatic carbocycles. The largest absolute Gasteiger partial charge is 0.483 e. The Labute approximate surface area is 136 Å². The molecular weight excluding hydrogens is 292 g/mol. The number of benzene rings is 2. The number of hydrogen-bond acceptors (Lipinski definition) is 4. The lowest BCUT2D eigenvalue weighted by atomic mass is 10.0. The van der Waals surface area contributed by atoms with Crippen LogP contribution in [0.2, 0.25) is 0 Å². The van der Waals surface area contributed by atoms with Crippen molar-refractivity contribution in [2.45, 2.75) is 26.9 Å². The molecule has 1 atom stereocenters. The number of Topliss-reactive ketones (excluding diaryl/α,β-unsaturated/α-hetero) is 1. The smallest absolute Gasteiger partial charge is 0.337 e. The van der Waals surface area contributed by atoms with Crippen molar-refractivity contribution in [3.05, 3.63) is 64.7 Å². The summed E-state index contributed by atoms with van der Waals surface area (Å²) in [5, 5.41) is 0. The molecule has 0 unspecified atom stereocenters. The van der Waals surface area contributed by atoms with Gasteiger partial charge in [0.15, 0.2) is 6.10 Å². The molecule has 0 aliphatic rings. The second-order valence-electron chi connectivity index (χ2n) is 5.44. The average molecular weight is 312 g/mol. The Morgan fingerprint density at radius 1 is 0.913 bits per heavy atom. The van der Waals surface area contributed by atoms with Gasteiger partial charge in [0.2, 0.25) is 5.78 Å². The number of ether oxygens (including phenoxy) is 2. The Morgan fingerprint density at radius 2 is 1.52 bits per heavy atom. The van der Waals surface area contributed by atoms with Crippen LogP contribution in [-0.4, -0.2) is 25.0 Å². The maximum Gasteiger partial charge on any atom is 0.337 e. The first-order valence-corrected chi connectivity index (χ1v) is 7.39. The fraction of sp³-hybridized carbons (Fsp3) is 0.263. The van der Waals surface area contributed by atoms with Crippen molar-refractivity contribution >= 4 is 11.8 Å². The molecule has 0 fully saturated rings. The third-order valence-corrected chi connectivity index (χ3v) is 3.75. The average Bonchev–Trinajstić information content (AvgIpc) is 2.56. The summed E-state index contributed by atoms with van der Waals surface area (Å²) in [6.45, 7) is 5.70. The Bertz CT molecular complexity index is 717. The summed E-state index contributed by atoms with van der Waals surface area (Å²) < 4.78 is 10.3. The summed E-state index contributed by atoms with van der Waals surface area (Å²) in [6, 6.07) is 12.1. The predicted octanol–water partition coefficient (Wildman–Crippen LogP) is 3.74. The highest BCUT2D eigenvalue weighted by Crippen LogP contribution is 2.17. The van der Waals surface area contributed by atoms with E-state index in [2.05, 4.69) is 4.74 Å². The van der Waals surface area contributed by atoms with Gasteiger partial charge in [-0.05, 0) is 62.2 Å². The van der Waals surface area contributed by atoms with Crippen molar-refractivity contribution in [3.63, 3.8) is 0 Å². The standard InChI is InChI=1S/C19H20O4/c1-12-5-6-16(11-13(12)2)18(20)14(3)23-17-9-7-15(8-10-17)19(21)22-4/h5-11,14H,1-4H3/t14-/m0/s1. The number of ketones is 1. The van der Waals surface area contributed by atoms with E-state index in [1.165, 1.54) is 7.11 Å². The van der Waals surface area contributed by atoms with Gasteiger partial charge in [0.1, 0.15) is 5.75 Å². The van der Waals surface area contributed by atoms with E-state index < -0.39 is 12.1 Å². The van der Waals surface area contributed by atoms with Gasteiger partial charge in [-0.15, -0.1) is 0 Å². The maximum atomic E-state index is 12.4. The van der Waals surface area contributed by atoms with Gasteiger partial charge in [0.05, 0.1) is 12.7 Å². The SMILES string of the molecule is COC(=O)c1ccc(O[C@@H](C)C(=O)c2ccc(C)c(C)c2)cc1. The Hall–Kier alpha value is -2.62. The molecule has 0 N–H and O–H groups in total. The Kier molecular flexibility index (Phi) is 5.16. The molecule has 2 aromatic rings. The van der Waals surface area contributed by atoms with E-state index >= 15 is 0 Å². The van der Waals surface area contributed by atoms with Crippen molar-refractivity contribution in [1.29, 1.82) is 0 Å². The molecule has 23 heavy (non-hydrogen) atoms. The van der Waals surface area contributed by atoms with Crippen LogP contribution in [0.1, 0.15) is 38.8 Å². The summed E-state index contributed by atoms with van der Waals surface area (Å²) in [6.07, 6.45) is -0.610. The molecule has 0 spiro atoms.